The van der Waals surface area contributed by atoms with Gasteiger partial charge in [0.25, 0.3) is 0 Å². The van der Waals surface area contributed by atoms with Crippen LogP contribution in [0.4, 0.5) is 4.39 Å². The molecule has 0 aliphatic rings. The van der Waals surface area contributed by atoms with Crippen molar-refractivity contribution in [2.24, 2.45) is 5.73 Å². The lowest BCUT2D eigenvalue weighted by molar-refractivity contribution is -0.117. The minimum atomic E-state index is -0.442. The van der Waals surface area contributed by atoms with Gasteiger partial charge in [-0.25, -0.2) is 4.39 Å². The first-order valence-corrected chi connectivity index (χ1v) is 5.11. The third kappa shape index (κ3) is 2.54. The molecule has 0 saturated heterocycles. The van der Waals surface area contributed by atoms with Gasteiger partial charge < -0.3 is 5.73 Å². The molecule has 0 heterocycles. The summed E-state index contributed by atoms with van der Waals surface area (Å²) in [7, 11) is 0. The third-order valence-corrected chi connectivity index (χ3v) is 2.86. The Balaban J connectivity index is 2.87. The maximum atomic E-state index is 13.1. The molecule has 14 heavy (non-hydrogen) atoms. The fourth-order valence-electron chi connectivity index (χ4n) is 1.17. The zero-order chi connectivity index (χ0) is 10.7. The molecule has 1 atom stereocenters. The van der Waals surface area contributed by atoms with Crippen LogP contribution in [-0.2, 0) is 11.2 Å². The summed E-state index contributed by atoms with van der Waals surface area (Å²) >= 11 is 3.14. The summed E-state index contributed by atoms with van der Waals surface area (Å²) in [5.74, 6) is -0.694. The third-order valence-electron chi connectivity index (χ3n) is 2.09. The molecule has 0 fully saturated rings. The Bertz CT molecular complexity index is 354. The molecule has 1 aromatic rings. The molecular formula is C10H11BrFNO. The van der Waals surface area contributed by atoms with Gasteiger partial charge in [-0.05, 0) is 30.5 Å². The molecule has 76 valence electrons. The Labute approximate surface area is 90.4 Å². The van der Waals surface area contributed by atoms with Crippen molar-refractivity contribution >= 4 is 21.8 Å². The summed E-state index contributed by atoms with van der Waals surface area (Å²) in [5.41, 5.74) is 6.46. The summed E-state index contributed by atoms with van der Waals surface area (Å²) in [6, 6.07) is 4.81. The van der Waals surface area contributed by atoms with Crippen molar-refractivity contribution in [3.05, 3.63) is 35.1 Å². The normalized spacial score (nSPS) is 12.5. The largest absolute Gasteiger partial charge is 0.369 e. The number of carbonyl (C=O) groups excluding carboxylic acids is 1. The summed E-state index contributed by atoms with van der Waals surface area (Å²) in [5, 5.41) is 0. The predicted molar refractivity (Wildman–Crippen MR) is 56.8 cm³/mol. The Kier molecular flexibility index (Phi) is 3.63. The van der Waals surface area contributed by atoms with E-state index in [4.69, 9.17) is 5.73 Å². The average molecular weight is 260 g/mol. The summed E-state index contributed by atoms with van der Waals surface area (Å²) in [6.45, 7) is 1.69. The summed E-state index contributed by atoms with van der Waals surface area (Å²) in [4.78, 5) is 10.3. The van der Waals surface area contributed by atoms with E-state index in [9.17, 15) is 9.18 Å². The van der Waals surface area contributed by atoms with Crippen molar-refractivity contribution in [1.82, 2.24) is 0 Å². The number of alkyl halides is 1. The molecule has 0 saturated carbocycles. The van der Waals surface area contributed by atoms with Gasteiger partial charge in [0.1, 0.15) is 5.82 Å². The highest BCUT2D eigenvalue weighted by Crippen LogP contribution is 2.16. The molecule has 0 spiro atoms. The molecule has 4 heteroatoms. The Morgan fingerprint density at radius 3 is 2.86 bits per heavy atom. The summed E-state index contributed by atoms with van der Waals surface area (Å²) < 4.78 is 13.1. The monoisotopic (exact) mass is 259 g/mol. The van der Waals surface area contributed by atoms with Gasteiger partial charge in [0.05, 0.1) is 4.83 Å². The van der Waals surface area contributed by atoms with Crippen molar-refractivity contribution in [3.8, 4) is 0 Å². The van der Waals surface area contributed by atoms with Gasteiger partial charge >= 0.3 is 0 Å². The molecule has 1 amide bonds. The van der Waals surface area contributed by atoms with Crippen LogP contribution >= 0.6 is 15.9 Å². The lowest BCUT2D eigenvalue weighted by atomic mass is 10.0. The SMILES string of the molecule is Cc1c(F)cccc1CC(Br)C(N)=O. The zero-order valence-corrected chi connectivity index (χ0v) is 9.34. The number of hydrogen-bond donors (Lipinski definition) is 1. The molecule has 0 radical (unpaired) electrons. The number of rotatable bonds is 3. The van der Waals surface area contributed by atoms with Crippen LogP contribution in [0.15, 0.2) is 18.2 Å². The maximum absolute atomic E-state index is 13.1. The molecule has 0 bridgehead atoms. The van der Waals surface area contributed by atoms with E-state index in [0.29, 0.717) is 12.0 Å². The highest BCUT2D eigenvalue weighted by Gasteiger charge is 2.13. The molecular weight excluding hydrogens is 249 g/mol. The minimum absolute atomic E-state index is 0.258. The average Bonchev–Trinajstić information content (AvgIpc) is 2.12. The van der Waals surface area contributed by atoms with Crippen molar-refractivity contribution in [1.29, 1.82) is 0 Å². The predicted octanol–water partition coefficient (Wildman–Crippen LogP) is 1.93. The Morgan fingerprint density at radius 2 is 2.29 bits per heavy atom. The van der Waals surface area contributed by atoms with Gasteiger partial charge in [0, 0.05) is 0 Å². The summed E-state index contributed by atoms with van der Waals surface area (Å²) in [6.07, 6.45) is 0.416. The van der Waals surface area contributed by atoms with E-state index in [1.165, 1.54) is 6.07 Å². The number of halogens is 2. The first kappa shape index (κ1) is 11.2. The second-order valence-electron chi connectivity index (χ2n) is 3.10. The first-order valence-electron chi connectivity index (χ1n) is 4.19. The van der Waals surface area contributed by atoms with Gasteiger partial charge in [0.2, 0.25) is 5.91 Å². The molecule has 0 aliphatic carbocycles. The number of benzene rings is 1. The van der Waals surface area contributed by atoms with Crippen LogP contribution < -0.4 is 5.73 Å². The van der Waals surface area contributed by atoms with Gasteiger partial charge in [-0.15, -0.1) is 0 Å². The smallest absolute Gasteiger partial charge is 0.231 e. The zero-order valence-electron chi connectivity index (χ0n) is 7.76. The molecule has 1 aromatic carbocycles. The van der Waals surface area contributed by atoms with E-state index in [2.05, 4.69) is 15.9 Å². The molecule has 2 N–H and O–H groups in total. The second kappa shape index (κ2) is 4.55. The lowest BCUT2D eigenvalue weighted by Gasteiger charge is -2.08. The molecule has 1 rings (SSSR count). The molecule has 1 unspecified atom stereocenters. The second-order valence-corrected chi connectivity index (χ2v) is 4.20. The maximum Gasteiger partial charge on any atom is 0.231 e. The number of amides is 1. The van der Waals surface area contributed by atoms with E-state index in [1.54, 1.807) is 19.1 Å². The quantitative estimate of drug-likeness (QED) is 0.829. The van der Waals surface area contributed by atoms with E-state index >= 15 is 0 Å². The minimum Gasteiger partial charge on any atom is -0.369 e. The fraction of sp³-hybridized carbons (Fsp3) is 0.300. The van der Waals surface area contributed by atoms with Crippen LogP contribution in [0.3, 0.4) is 0 Å². The Morgan fingerprint density at radius 1 is 1.64 bits per heavy atom. The van der Waals surface area contributed by atoms with Crippen LogP contribution in [0, 0.1) is 12.7 Å². The standard InChI is InChI=1S/C10H11BrFNO/c1-6-7(3-2-4-9(6)12)5-8(11)10(13)14/h2-4,8H,5H2,1H3,(H2,13,14). The van der Waals surface area contributed by atoms with Gasteiger partial charge in [-0.1, -0.05) is 28.1 Å². The van der Waals surface area contributed by atoms with Gasteiger partial charge in [0.15, 0.2) is 0 Å². The highest BCUT2D eigenvalue weighted by atomic mass is 79.9. The van der Waals surface area contributed by atoms with Crippen LogP contribution in [0.1, 0.15) is 11.1 Å². The van der Waals surface area contributed by atoms with Crippen molar-refractivity contribution in [2.45, 2.75) is 18.2 Å². The molecule has 2 nitrogen and oxygen atoms in total. The van der Waals surface area contributed by atoms with E-state index in [0.717, 1.165) is 5.56 Å². The number of hydrogen-bond acceptors (Lipinski definition) is 1. The lowest BCUT2D eigenvalue weighted by Crippen LogP contribution is -2.25. The van der Waals surface area contributed by atoms with E-state index < -0.39 is 10.7 Å². The van der Waals surface area contributed by atoms with E-state index in [-0.39, 0.29) is 5.82 Å². The number of carbonyl (C=O) groups is 1. The highest BCUT2D eigenvalue weighted by molar-refractivity contribution is 9.10. The molecule has 0 aromatic heterocycles. The fourth-order valence-corrected chi connectivity index (χ4v) is 1.52. The van der Waals surface area contributed by atoms with Crippen molar-refractivity contribution in [2.75, 3.05) is 0 Å². The first-order chi connectivity index (χ1) is 6.52. The number of primary amides is 1. The van der Waals surface area contributed by atoms with Crippen LogP contribution in [0.2, 0.25) is 0 Å². The van der Waals surface area contributed by atoms with Crippen LogP contribution in [0.5, 0.6) is 0 Å². The number of nitrogens with two attached hydrogens (primary N) is 1. The van der Waals surface area contributed by atoms with Crippen LogP contribution in [0.25, 0.3) is 0 Å². The van der Waals surface area contributed by atoms with Gasteiger partial charge in [-0.2, -0.15) is 0 Å². The Hall–Kier alpha value is -0.900. The van der Waals surface area contributed by atoms with E-state index in [1.807, 2.05) is 0 Å². The topological polar surface area (TPSA) is 43.1 Å². The van der Waals surface area contributed by atoms with Crippen molar-refractivity contribution < 1.29 is 9.18 Å². The van der Waals surface area contributed by atoms with Crippen molar-refractivity contribution in [3.63, 3.8) is 0 Å². The van der Waals surface area contributed by atoms with Crippen LogP contribution in [-0.4, -0.2) is 10.7 Å². The molecule has 0 aliphatic heterocycles. The van der Waals surface area contributed by atoms with Gasteiger partial charge in [-0.3, -0.25) is 4.79 Å².